The van der Waals surface area contributed by atoms with Crippen molar-refractivity contribution >= 4 is 17.1 Å². The maximum absolute atomic E-state index is 8.31. The number of rotatable bonds is 1. The van der Waals surface area contributed by atoms with Crippen molar-refractivity contribution < 1.29 is 5.21 Å². The van der Waals surface area contributed by atoms with Gasteiger partial charge in [0.05, 0.1) is 23.6 Å². The summed E-state index contributed by atoms with van der Waals surface area (Å²) >= 11 is 0. The normalized spacial score (nSPS) is 11.1. The third-order valence-corrected chi connectivity index (χ3v) is 1.71. The summed E-state index contributed by atoms with van der Waals surface area (Å²) in [5, 5.41) is 12.2. The number of nitrogens with zero attached hydrogens (tertiary/aromatic N) is 3. The minimum atomic E-state index is 0.614. The first-order valence-electron chi connectivity index (χ1n) is 3.78. The van der Waals surface area contributed by atoms with Gasteiger partial charge in [-0.25, -0.2) is 4.98 Å². The molecule has 0 aliphatic heterocycles. The molecule has 1 N–H and O–H groups in total. The Balaban J connectivity index is 2.62. The molecule has 0 radical (unpaired) electrons. The summed E-state index contributed by atoms with van der Waals surface area (Å²) in [5.41, 5.74) is 1.41. The molecule has 0 unspecified atom stereocenters. The summed E-state index contributed by atoms with van der Waals surface area (Å²) in [6.07, 6.45) is 4.67. The highest BCUT2D eigenvalue weighted by Gasteiger charge is 1.94. The van der Waals surface area contributed by atoms with E-state index in [1.807, 2.05) is 12.1 Å². The predicted octanol–water partition coefficient (Wildman–Crippen LogP) is 1.44. The lowest BCUT2D eigenvalue weighted by Crippen LogP contribution is -1.88. The van der Waals surface area contributed by atoms with Crippen LogP contribution in [0.15, 0.2) is 35.7 Å². The van der Waals surface area contributed by atoms with Crippen LogP contribution >= 0.6 is 0 Å². The molecule has 0 atom stereocenters. The molecule has 2 heterocycles. The standard InChI is InChI=1S/C9H7N3O/c13-11-5-8-2-1-7-3-4-10-6-9(7)12-8/h1-6,13H/b11-5+. The van der Waals surface area contributed by atoms with E-state index in [2.05, 4.69) is 15.1 Å². The average Bonchev–Trinajstić information content (AvgIpc) is 2.18. The molecule has 2 aromatic rings. The van der Waals surface area contributed by atoms with Crippen LogP contribution < -0.4 is 0 Å². The molecule has 0 saturated heterocycles. The summed E-state index contributed by atoms with van der Waals surface area (Å²) in [4.78, 5) is 8.14. The molecule has 0 aliphatic rings. The van der Waals surface area contributed by atoms with Gasteiger partial charge < -0.3 is 5.21 Å². The van der Waals surface area contributed by atoms with Crippen LogP contribution in [-0.4, -0.2) is 21.4 Å². The summed E-state index contributed by atoms with van der Waals surface area (Å²) in [6, 6.07) is 5.56. The molecular weight excluding hydrogens is 166 g/mol. The zero-order valence-corrected chi connectivity index (χ0v) is 6.75. The largest absolute Gasteiger partial charge is 0.411 e. The van der Waals surface area contributed by atoms with E-state index in [0.717, 1.165) is 10.9 Å². The van der Waals surface area contributed by atoms with E-state index in [0.29, 0.717) is 5.69 Å². The van der Waals surface area contributed by atoms with Gasteiger partial charge >= 0.3 is 0 Å². The smallest absolute Gasteiger partial charge is 0.0918 e. The van der Waals surface area contributed by atoms with E-state index in [9.17, 15) is 0 Å². The highest BCUT2D eigenvalue weighted by molar-refractivity contribution is 5.84. The maximum atomic E-state index is 8.31. The van der Waals surface area contributed by atoms with Crippen molar-refractivity contribution in [3.63, 3.8) is 0 Å². The molecule has 0 aliphatic carbocycles. The Morgan fingerprint density at radius 2 is 2.23 bits per heavy atom. The van der Waals surface area contributed by atoms with E-state index in [-0.39, 0.29) is 0 Å². The molecule has 13 heavy (non-hydrogen) atoms. The van der Waals surface area contributed by atoms with Gasteiger partial charge in [0.2, 0.25) is 0 Å². The van der Waals surface area contributed by atoms with Crippen LogP contribution in [0.5, 0.6) is 0 Å². The second-order valence-electron chi connectivity index (χ2n) is 2.55. The van der Waals surface area contributed by atoms with Crippen molar-refractivity contribution in [3.8, 4) is 0 Å². The van der Waals surface area contributed by atoms with Gasteiger partial charge in [0.1, 0.15) is 0 Å². The van der Waals surface area contributed by atoms with Crippen molar-refractivity contribution in [2.75, 3.05) is 0 Å². The van der Waals surface area contributed by atoms with Crippen molar-refractivity contribution in [3.05, 3.63) is 36.3 Å². The maximum Gasteiger partial charge on any atom is 0.0918 e. The number of hydrogen-bond acceptors (Lipinski definition) is 4. The van der Waals surface area contributed by atoms with Crippen LogP contribution in [0.3, 0.4) is 0 Å². The van der Waals surface area contributed by atoms with E-state index in [1.54, 1.807) is 18.5 Å². The van der Waals surface area contributed by atoms with Gasteiger partial charge in [-0.05, 0) is 12.1 Å². The monoisotopic (exact) mass is 173 g/mol. The van der Waals surface area contributed by atoms with Crippen molar-refractivity contribution in [1.82, 2.24) is 9.97 Å². The molecule has 0 bridgehead atoms. The Labute approximate surface area is 74.6 Å². The molecule has 4 heteroatoms. The van der Waals surface area contributed by atoms with Crippen LogP contribution in [0.1, 0.15) is 5.69 Å². The average molecular weight is 173 g/mol. The fourth-order valence-electron chi connectivity index (χ4n) is 1.11. The fourth-order valence-corrected chi connectivity index (χ4v) is 1.11. The molecule has 0 spiro atoms. The number of pyridine rings is 2. The summed E-state index contributed by atoms with van der Waals surface area (Å²) in [6.45, 7) is 0. The second kappa shape index (κ2) is 3.18. The van der Waals surface area contributed by atoms with Gasteiger partial charge in [-0.2, -0.15) is 0 Å². The minimum absolute atomic E-state index is 0.614. The number of fused-ring (bicyclic) bond motifs is 1. The highest BCUT2D eigenvalue weighted by atomic mass is 16.4. The predicted molar refractivity (Wildman–Crippen MR) is 48.9 cm³/mol. The minimum Gasteiger partial charge on any atom is -0.411 e. The topological polar surface area (TPSA) is 58.4 Å². The van der Waals surface area contributed by atoms with E-state index < -0.39 is 0 Å². The Hall–Kier alpha value is -1.97. The molecule has 0 aromatic carbocycles. The van der Waals surface area contributed by atoms with Gasteiger partial charge in [0.25, 0.3) is 0 Å². The van der Waals surface area contributed by atoms with E-state index in [1.165, 1.54) is 6.21 Å². The first-order chi connectivity index (χ1) is 6.40. The Kier molecular flexibility index (Phi) is 1.88. The molecule has 0 fully saturated rings. The zero-order valence-electron chi connectivity index (χ0n) is 6.75. The van der Waals surface area contributed by atoms with Crippen molar-refractivity contribution in [2.24, 2.45) is 5.16 Å². The molecular formula is C9H7N3O. The Bertz CT molecular complexity index is 453. The summed E-state index contributed by atoms with van der Waals surface area (Å²) in [5.74, 6) is 0. The van der Waals surface area contributed by atoms with Gasteiger partial charge in [-0.1, -0.05) is 11.2 Å². The number of hydrogen-bond donors (Lipinski definition) is 1. The van der Waals surface area contributed by atoms with Crippen molar-refractivity contribution in [2.45, 2.75) is 0 Å². The quantitative estimate of drug-likeness (QED) is 0.403. The van der Waals surface area contributed by atoms with Crippen LogP contribution in [-0.2, 0) is 0 Å². The SMILES string of the molecule is O/N=C/c1ccc2ccncc2n1. The van der Waals surface area contributed by atoms with Crippen LogP contribution in [0, 0.1) is 0 Å². The fraction of sp³-hybridized carbons (Fsp3) is 0. The molecule has 4 nitrogen and oxygen atoms in total. The number of oxime groups is 1. The van der Waals surface area contributed by atoms with Crippen molar-refractivity contribution in [1.29, 1.82) is 0 Å². The molecule has 2 rings (SSSR count). The molecule has 64 valence electrons. The third-order valence-electron chi connectivity index (χ3n) is 1.71. The second-order valence-corrected chi connectivity index (χ2v) is 2.55. The van der Waals surface area contributed by atoms with Gasteiger partial charge in [-0.3, -0.25) is 4.98 Å². The Morgan fingerprint density at radius 3 is 3.08 bits per heavy atom. The molecule has 0 amide bonds. The lowest BCUT2D eigenvalue weighted by atomic mass is 10.2. The summed E-state index contributed by atoms with van der Waals surface area (Å²) < 4.78 is 0. The number of aromatic nitrogens is 2. The van der Waals surface area contributed by atoms with Gasteiger partial charge in [-0.15, -0.1) is 0 Å². The molecule has 0 saturated carbocycles. The third kappa shape index (κ3) is 1.46. The zero-order chi connectivity index (χ0) is 9.10. The van der Waals surface area contributed by atoms with Gasteiger partial charge in [0, 0.05) is 11.6 Å². The van der Waals surface area contributed by atoms with E-state index >= 15 is 0 Å². The highest BCUT2D eigenvalue weighted by Crippen LogP contribution is 2.08. The summed E-state index contributed by atoms with van der Waals surface area (Å²) in [7, 11) is 0. The first-order valence-corrected chi connectivity index (χ1v) is 3.78. The van der Waals surface area contributed by atoms with Crippen LogP contribution in [0.2, 0.25) is 0 Å². The van der Waals surface area contributed by atoms with E-state index in [4.69, 9.17) is 5.21 Å². The molecule has 2 aromatic heterocycles. The lowest BCUT2D eigenvalue weighted by Gasteiger charge is -1.95. The first kappa shape index (κ1) is 7.67. The van der Waals surface area contributed by atoms with Crippen LogP contribution in [0.25, 0.3) is 10.9 Å². The lowest BCUT2D eigenvalue weighted by molar-refractivity contribution is 0.321. The Morgan fingerprint density at radius 1 is 1.31 bits per heavy atom. The van der Waals surface area contributed by atoms with Gasteiger partial charge in [0.15, 0.2) is 0 Å². The van der Waals surface area contributed by atoms with Crippen LogP contribution in [0.4, 0.5) is 0 Å².